The second kappa shape index (κ2) is 21.9. The average molecular weight is 859 g/mol. The predicted octanol–water partition coefficient (Wildman–Crippen LogP) is 8.08. The summed E-state index contributed by atoms with van der Waals surface area (Å²) >= 11 is 0. The van der Waals surface area contributed by atoms with E-state index in [9.17, 15) is 33.9 Å². The van der Waals surface area contributed by atoms with Crippen molar-refractivity contribution in [3.8, 4) is 11.5 Å². The van der Waals surface area contributed by atoms with Gasteiger partial charge in [0, 0.05) is 24.5 Å². The van der Waals surface area contributed by atoms with E-state index in [2.05, 4.69) is 10.6 Å². The van der Waals surface area contributed by atoms with Gasteiger partial charge in [-0.25, -0.2) is 0 Å². The zero-order chi connectivity index (χ0) is 45.7. The van der Waals surface area contributed by atoms with Gasteiger partial charge in [0.1, 0.15) is 23.6 Å². The number of hydrogen-bond acceptors (Lipinski definition) is 8. The molecule has 3 aromatic carbocycles. The van der Waals surface area contributed by atoms with Gasteiger partial charge < -0.3 is 34.3 Å². The Labute approximate surface area is 368 Å². The van der Waals surface area contributed by atoms with Crippen molar-refractivity contribution in [3.63, 3.8) is 0 Å². The molecule has 2 heterocycles. The van der Waals surface area contributed by atoms with E-state index in [0.29, 0.717) is 29.0 Å². The molecular formula is C50H58N4O9. The maximum absolute atomic E-state index is 14.2. The van der Waals surface area contributed by atoms with E-state index in [0.717, 1.165) is 5.56 Å². The number of ether oxygens (including phenoxy) is 2. The number of carbonyl (C=O) groups is 4. The molecule has 0 radical (unpaired) electrons. The summed E-state index contributed by atoms with van der Waals surface area (Å²) < 4.78 is 14.6. The molecule has 5 aromatic rings. The normalized spacial score (nSPS) is 13.8. The van der Waals surface area contributed by atoms with Crippen LogP contribution >= 0.6 is 0 Å². The minimum Gasteiger partial charge on any atom is -0.481 e. The molecule has 13 nitrogen and oxygen atoms in total. The number of rotatable bonds is 20. The van der Waals surface area contributed by atoms with Gasteiger partial charge in [0.15, 0.2) is 0 Å². The fraction of sp³-hybridized carbons (Fsp3) is 0.360. The number of aliphatic carboxylic acids is 1. The largest absolute Gasteiger partial charge is 0.481 e. The third-order valence-electron chi connectivity index (χ3n) is 10.6. The highest BCUT2D eigenvalue weighted by molar-refractivity contribution is 5.82. The topological polar surface area (TPSA) is 175 Å². The molecule has 3 unspecified atom stereocenters. The molecule has 0 spiro atoms. The third-order valence-corrected chi connectivity index (χ3v) is 10.6. The zero-order valence-electron chi connectivity index (χ0n) is 36.7. The van der Waals surface area contributed by atoms with Crippen molar-refractivity contribution < 1.29 is 33.8 Å². The number of carboxylic acid groups (broad SMARTS) is 1. The quantitative estimate of drug-likeness (QED) is 0.0654. The number of pyridine rings is 2. The van der Waals surface area contributed by atoms with Crippen LogP contribution in [0.15, 0.2) is 137 Å². The molecule has 13 heteroatoms. The molecule has 332 valence electrons. The second-order valence-electron chi connectivity index (χ2n) is 17.4. The first-order valence-corrected chi connectivity index (χ1v) is 21.2. The van der Waals surface area contributed by atoms with E-state index < -0.39 is 59.4 Å². The molecule has 2 aromatic heterocycles. The SMILES string of the molecule is CC(C)CC(C(=O)N[C@H](CC(=O)OCC(C)CC(C(=O)N[C@H](CC(=O)O)c1cccc(C(C)(C)C)c1)n1ccccc1=O)c1cccc(Oc2ccccc2)c1)n1ccccc1=O. The number of carboxylic acids is 1. The maximum atomic E-state index is 14.2. The van der Waals surface area contributed by atoms with Gasteiger partial charge in [-0.15, -0.1) is 0 Å². The van der Waals surface area contributed by atoms with Crippen LogP contribution in [0, 0.1) is 11.8 Å². The monoisotopic (exact) mass is 858 g/mol. The molecule has 0 aliphatic carbocycles. The van der Waals surface area contributed by atoms with Crippen molar-refractivity contribution in [2.24, 2.45) is 11.8 Å². The van der Waals surface area contributed by atoms with Crippen molar-refractivity contribution in [1.29, 1.82) is 0 Å². The highest BCUT2D eigenvalue weighted by atomic mass is 16.5. The highest BCUT2D eigenvalue weighted by Crippen LogP contribution is 2.30. The summed E-state index contributed by atoms with van der Waals surface area (Å²) in [6, 6.07) is 29.1. The number of esters is 1. The second-order valence-corrected chi connectivity index (χ2v) is 17.4. The summed E-state index contributed by atoms with van der Waals surface area (Å²) in [5.41, 5.74) is 1.15. The summed E-state index contributed by atoms with van der Waals surface area (Å²) in [5, 5.41) is 15.8. The fourth-order valence-electron chi connectivity index (χ4n) is 7.30. The molecule has 0 aliphatic heterocycles. The number of nitrogens with one attached hydrogen (secondary N) is 2. The molecular weight excluding hydrogens is 801 g/mol. The Bertz CT molecular complexity index is 2450. The number of benzene rings is 3. The first kappa shape index (κ1) is 47.3. The Kier molecular flexibility index (Phi) is 16.4. The van der Waals surface area contributed by atoms with Crippen LogP contribution in [0.1, 0.15) is 108 Å². The molecule has 0 fully saturated rings. The lowest BCUT2D eigenvalue weighted by Crippen LogP contribution is -2.40. The van der Waals surface area contributed by atoms with E-state index in [1.54, 1.807) is 79.9 Å². The van der Waals surface area contributed by atoms with Crippen molar-refractivity contribution >= 4 is 23.8 Å². The van der Waals surface area contributed by atoms with E-state index in [1.807, 2.05) is 71.0 Å². The summed E-state index contributed by atoms with van der Waals surface area (Å²) in [5.74, 6) is -2.10. The average Bonchev–Trinajstić information content (AvgIpc) is 3.24. The van der Waals surface area contributed by atoms with Gasteiger partial charge >= 0.3 is 11.9 Å². The Hall–Kier alpha value is -6.76. The van der Waals surface area contributed by atoms with Crippen LogP contribution in [0.2, 0.25) is 0 Å². The minimum absolute atomic E-state index is 0.0562. The number of hydrogen-bond donors (Lipinski definition) is 3. The van der Waals surface area contributed by atoms with E-state index >= 15 is 0 Å². The maximum Gasteiger partial charge on any atom is 0.308 e. The number of amides is 2. The zero-order valence-corrected chi connectivity index (χ0v) is 36.7. The van der Waals surface area contributed by atoms with Crippen LogP contribution in [0.3, 0.4) is 0 Å². The van der Waals surface area contributed by atoms with Crippen LogP contribution in [0.5, 0.6) is 11.5 Å². The Balaban J connectivity index is 1.36. The van der Waals surface area contributed by atoms with Gasteiger partial charge in [-0.2, -0.15) is 0 Å². The first-order chi connectivity index (χ1) is 30.0. The van der Waals surface area contributed by atoms with Crippen molar-refractivity contribution in [3.05, 3.63) is 165 Å². The molecule has 0 bridgehead atoms. The van der Waals surface area contributed by atoms with E-state index in [-0.39, 0.29) is 42.8 Å². The van der Waals surface area contributed by atoms with Gasteiger partial charge in [-0.05, 0) is 83.2 Å². The van der Waals surface area contributed by atoms with Crippen LogP contribution in [-0.2, 0) is 29.3 Å². The molecule has 0 aliphatic rings. The standard InChI is InChI=1S/C50H58N4O9/c1-33(2)26-42(53-24-12-10-22-44(53)55)48(60)52-41(36-17-15-21-39(29-36)63-38-19-8-7-9-20-38)31-47(59)62-32-34(3)27-43(54-25-13-11-23-45(54)56)49(61)51-40(30-46(57)58)35-16-14-18-37(28-35)50(4,5)6/h7-25,28-29,33-34,40-43H,26-27,30-32H2,1-6H3,(H,51,61)(H,52,60)(H,57,58)/t34?,40-,41-,42?,43?/m1/s1. The summed E-state index contributed by atoms with van der Waals surface area (Å²) in [6.07, 6.45) is 2.83. The molecule has 63 heavy (non-hydrogen) atoms. The number of para-hydroxylation sites is 1. The van der Waals surface area contributed by atoms with Gasteiger partial charge in [0.25, 0.3) is 11.1 Å². The van der Waals surface area contributed by atoms with Gasteiger partial charge in [-0.3, -0.25) is 28.8 Å². The van der Waals surface area contributed by atoms with E-state index in [4.69, 9.17) is 9.47 Å². The van der Waals surface area contributed by atoms with Crippen LogP contribution in [0.25, 0.3) is 0 Å². The van der Waals surface area contributed by atoms with Crippen molar-refractivity contribution in [2.75, 3.05) is 6.61 Å². The molecule has 0 saturated carbocycles. The van der Waals surface area contributed by atoms with Crippen LogP contribution < -0.4 is 26.5 Å². The minimum atomic E-state index is -1.11. The first-order valence-electron chi connectivity index (χ1n) is 21.2. The summed E-state index contributed by atoms with van der Waals surface area (Å²) in [4.78, 5) is 80.1. The number of aromatic nitrogens is 2. The Morgan fingerprint density at radius 1 is 0.635 bits per heavy atom. The number of nitrogens with zero attached hydrogens (tertiary/aromatic N) is 2. The summed E-state index contributed by atoms with van der Waals surface area (Å²) in [7, 11) is 0. The van der Waals surface area contributed by atoms with E-state index in [1.165, 1.54) is 27.5 Å². The van der Waals surface area contributed by atoms with Gasteiger partial charge in [0.2, 0.25) is 11.8 Å². The predicted molar refractivity (Wildman–Crippen MR) is 240 cm³/mol. The van der Waals surface area contributed by atoms with Crippen LogP contribution in [-0.4, -0.2) is 44.6 Å². The Morgan fingerprint density at radius 2 is 1.16 bits per heavy atom. The molecule has 5 atom stereocenters. The smallest absolute Gasteiger partial charge is 0.308 e. The van der Waals surface area contributed by atoms with Gasteiger partial charge in [0.05, 0.1) is 31.5 Å². The molecule has 2 amide bonds. The lowest BCUT2D eigenvalue weighted by Gasteiger charge is -2.27. The Morgan fingerprint density at radius 3 is 1.71 bits per heavy atom. The molecule has 3 N–H and O–H groups in total. The molecule has 0 saturated heterocycles. The van der Waals surface area contributed by atoms with Crippen LogP contribution in [0.4, 0.5) is 0 Å². The highest BCUT2D eigenvalue weighted by Gasteiger charge is 2.30. The lowest BCUT2D eigenvalue weighted by molar-refractivity contribution is -0.146. The summed E-state index contributed by atoms with van der Waals surface area (Å²) in [6.45, 7) is 11.7. The van der Waals surface area contributed by atoms with Gasteiger partial charge in [-0.1, -0.05) is 108 Å². The lowest BCUT2D eigenvalue weighted by atomic mass is 9.85. The molecule has 5 rings (SSSR count). The van der Waals surface area contributed by atoms with Crippen molar-refractivity contribution in [2.45, 2.75) is 96.8 Å². The van der Waals surface area contributed by atoms with Crippen molar-refractivity contribution in [1.82, 2.24) is 19.8 Å². The number of carbonyl (C=O) groups excluding carboxylic acids is 3. The third kappa shape index (κ3) is 13.9. The fourth-order valence-corrected chi connectivity index (χ4v) is 7.30.